The summed E-state index contributed by atoms with van der Waals surface area (Å²) in [5.74, 6) is -1.27. The second-order valence-electron chi connectivity index (χ2n) is 3.58. The maximum absolute atomic E-state index is 10.8. The minimum atomic E-state index is -1.11. The van der Waals surface area contributed by atoms with Crippen LogP contribution in [0.5, 0.6) is 5.75 Å². The van der Waals surface area contributed by atoms with Crippen molar-refractivity contribution in [3.05, 3.63) is 29.5 Å². The number of carboxylic acid groups (broad SMARTS) is 1. The highest BCUT2D eigenvalue weighted by Crippen LogP contribution is 2.32. The van der Waals surface area contributed by atoms with Crippen molar-refractivity contribution in [3.8, 4) is 5.75 Å². The molecule has 1 aromatic heterocycles. The van der Waals surface area contributed by atoms with Gasteiger partial charge in [0.05, 0.1) is 5.52 Å². The molecule has 2 rings (SSSR count). The third kappa shape index (κ3) is 1.26. The highest BCUT2D eigenvalue weighted by molar-refractivity contribution is 6.00. The number of carboxylic acids is 1. The Kier molecular flexibility index (Phi) is 1.93. The number of hydrogen-bond acceptors (Lipinski definition) is 2. The number of aromatic carboxylic acids is 1. The molecule has 0 unspecified atom stereocenters. The quantitative estimate of drug-likeness (QED) is 0.747. The number of phenols is 1. The summed E-state index contributed by atoms with van der Waals surface area (Å²) in [6.45, 7) is 1.84. The van der Waals surface area contributed by atoms with Crippen molar-refractivity contribution in [1.82, 2.24) is 4.57 Å². The monoisotopic (exact) mass is 205 g/mol. The first kappa shape index (κ1) is 9.58. The van der Waals surface area contributed by atoms with Gasteiger partial charge in [-0.2, -0.15) is 0 Å². The van der Waals surface area contributed by atoms with E-state index in [1.54, 1.807) is 6.07 Å². The maximum Gasteiger partial charge on any atom is 0.339 e. The molecule has 1 aromatic carbocycles. The third-order valence-electron chi connectivity index (χ3n) is 2.55. The highest BCUT2D eigenvalue weighted by Gasteiger charge is 2.15. The molecule has 0 bridgehead atoms. The van der Waals surface area contributed by atoms with Crippen molar-refractivity contribution in [2.75, 3.05) is 0 Å². The smallest absolute Gasteiger partial charge is 0.339 e. The summed E-state index contributed by atoms with van der Waals surface area (Å²) in [5.41, 5.74) is 1.64. The average Bonchev–Trinajstić information content (AvgIpc) is 2.43. The molecule has 0 aliphatic heterocycles. The summed E-state index contributed by atoms with van der Waals surface area (Å²) in [7, 11) is 1.86. The Labute approximate surface area is 86.4 Å². The van der Waals surface area contributed by atoms with Crippen molar-refractivity contribution in [2.24, 2.45) is 7.05 Å². The Morgan fingerprint density at radius 1 is 1.40 bits per heavy atom. The van der Waals surface area contributed by atoms with E-state index < -0.39 is 5.97 Å². The lowest BCUT2D eigenvalue weighted by atomic mass is 10.1. The minimum absolute atomic E-state index is 0.0585. The molecule has 0 aliphatic rings. The van der Waals surface area contributed by atoms with Crippen LogP contribution in [0.4, 0.5) is 0 Å². The second kappa shape index (κ2) is 3.02. The lowest BCUT2D eigenvalue weighted by molar-refractivity contribution is 0.0694. The van der Waals surface area contributed by atoms with Gasteiger partial charge in [0.15, 0.2) is 0 Å². The van der Waals surface area contributed by atoms with E-state index in [0.29, 0.717) is 5.39 Å². The largest absolute Gasteiger partial charge is 0.506 e. The van der Waals surface area contributed by atoms with Gasteiger partial charge in [-0.1, -0.05) is 0 Å². The van der Waals surface area contributed by atoms with Crippen molar-refractivity contribution in [3.63, 3.8) is 0 Å². The van der Waals surface area contributed by atoms with Gasteiger partial charge in [-0.05, 0) is 24.6 Å². The van der Waals surface area contributed by atoms with Crippen LogP contribution in [-0.4, -0.2) is 20.7 Å². The molecule has 4 nitrogen and oxygen atoms in total. The number of aromatic hydroxyl groups is 1. The molecule has 78 valence electrons. The Balaban J connectivity index is 2.89. The molecule has 0 aliphatic carbocycles. The molecule has 0 saturated heterocycles. The molecule has 2 aromatic rings. The standard InChI is InChI=1S/C11H11NO3/c1-6-5-12(2)8-4-3-7(11(14)15)10(13)9(6)8/h3-5,13H,1-2H3,(H,14,15). The van der Waals surface area contributed by atoms with E-state index in [9.17, 15) is 9.90 Å². The summed E-state index contributed by atoms with van der Waals surface area (Å²) in [6.07, 6.45) is 1.86. The predicted octanol–water partition coefficient (Wildman–Crippen LogP) is 1.89. The van der Waals surface area contributed by atoms with Crippen LogP contribution in [0.1, 0.15) is 15.9 Å². The number of hydrogen-bond donors (Lipinski definition) is 2. The fourth-order valence-electron chi connectivity index (χ4n) is 1.86. The van der Waals surface area contributed by atoms with Crippen LogP contribution in [0.15, 0.2) is 18.3 Å². The van der Waals surface area contributed by atoms with Gasteiger partial charge in [-0.25, -0.2) is 4.79 Å². The van der Waals surface area contributed by atoms with E-state index >= 15 is 0 Å². The molecule has 15 heavy (non-hydrogen) atoms. The number of aryl methyl sites for hydroxylation is 2. The molecule has 0 saturated carbocycles. The summed E-state index contributed by atoms with van der Waals surface area (Å²) in [6, 6.07) is 3.12. The molecule has 0 atom stereocenters. The first-order valence-electron chi connectivity index (χ1n) is 4.53. The number of nitrogens with zero attached hydrogens (tertiary/aromatic N) is 1. The normalized spacial score (nSPS) is 10.8. The molecule has 2 N–H and O–H groups in total. The second-order valence-corrected chi connectivity index (χ2v) is 3.58. The van der Waals surface area contributed by atoms with E-state index in [1.165, 1.54) is 6.07 Å². The van der Waals surface area contributed by atoms with E-state index in [1.807, 2.05) is 24.7 Å². The number of rotatable bonds is 1. The summed E-state index contributed by atoms with van der Waals surface area (Å²) >= 11 is 0. The van der Waals surface area contributed by atoms with Crippen LogP contribution in [-0.2, 0) is 7.05 Å². The third-order valence-corrected chi connectivity index (χ3v) is 2.55. The van der Waals surface area contributed by atoms with Gasteiger partial charge in [0.2, 0.25) is 0 Å². The van der Waals surface area contributed by atoms with Crippen LogP contribution < -0.4 is 0 Å². The number of fused-ring (bicyclic) bond motifs is 1. The lowest BCUT2D eigenvalue weighted by Gasteiger charge is -2.02. The summed E-state index contributed by atoms with van der Waals surface area (Å²) in [4.78, 5) is 10.8. The Bertz CT molecular complexity index is 554. The van der Waals surface area contributed by atoms with Crippen LogP contribution in [0.25, 0.3) is 10.9 Å². The van der Waals surface area contributed by atoms with Crippen molar-refractivity contribution >= 4 is 16.9 Å². The zero-order valence-corrected chi connectivity index (χ0v) is 8.48. The molecule has 4 heteroatoms. The van der Waals surface area contributed by atoms with Gasteiger partial charge < -0.3 is 14.8 Å². The summed E-state index contributed by atoms with van der Waals surface area (Å²) in [5, 5.41) is 19.3. The predicted molar refractivity (Wildman–Crippen MR) is 56.3 cm³/mol. The Morgan fingerprint density at radius 2 is 2.07 bits per heavy atom. The number of aromatic nitrogens is 1. The van der Waals surface area contributed by atoms with Gasteiger partial charge in [0.25, 0.3) is 0 Å². The van der Waals surface area contributed by atoms with E-state index in [4.69, 9.17) is 5.11 Å². The van der Waals surface area contributed by atoms with E-state index in [-0.39, 0.29) is 11.3 Å². The van der Waals surface area contributed by atoms with Gasteiger partial charge in [-0.15, -0.1) is 0 Å². The highest BCUT2D eigenvalue weighted by atomic mass is 16.4. The molecule has 0 fully saturated rings. The molecule has 0 amide bonds. The van der Waals surface area contributed by atoms with Crippen LogP contribution in [0.2, 0.25) is 0 Å². The average molecular weight is 205 g/mol. The maximum atomic E-state index is 10.8. The van der Waals surface area contributed by atoms with Crippen molar-refractivity contribution < 1.29 is 15.0 Å². The van der Waals surface area contributed by atoms with Crippen molar-refractivity contribution in [1.29, 1.82) is 0 Å². The van der Waals surface area contributed by atoms with Crippen molar-refractivity contribution in [2.45, 2.75) is 6.92 Å². The molecular formula is C11H11NO3. The van der Waals surface area contributed by atoms with Gasteiger partial charge in [0.1, 0.15) is 11.3 Å². The fraction of sp³-hybridized carbons (Fsp3) is 0.182. The fourth-order valence-corrected chi connectivity index (χ4v) is 1.86. The van der Waals surface area contributed by atoms with Gasteiger partial charge >= 0.3 is 5.97 Å². The van der Waals surface area contributed by atoms with E-state index in [0.717, 1.165) is 11.1 Å². The Hall–Kier alpha value is -1.97. The lowest BCUT2D eigenvalue weighted by Crippen LogP contribution is -1.97. The molecular weight excluding hydrogens is 194 g/mol. The van der Waals surface area contributed by atoms with Crippen LogP contribution >= 0.6 is 0 Å². The first-order chi connectivity index (χ1) is 7.02. The SMILES string of the molecule is Cc1cn(C)c2ccc(C(=O)O)c(O)c12. The number of benzene rings is 1. The van der Waals surface area contributed by atoms with Gasteiger partial charge in [-0.3, -0.25) is 0 Å². The topological polar surface area (TPSA) is 62.5 Å². The summed E-state index contributed by atoms with van der Waals surface area (Å²) < 4.78 is 1.86. The first-order valence-corrected chi connectivity index (χ1v) is 4.53. The number of carbonyl (C=O) groups is 1. The van der Waals surface area contributed by atoms with Gasteiger partial charge in [0, 0.05) is 18.6 Å². The minimum Gasteiger partial charge on any atom is -0.506 e. The molecule has 0 spiro atoms. The zero-order chi connectivity index (χ0) is 11.2. The van der Waals surface area contributed by atoms with E-state index in [2.05, 4.69) is 0 Å². The van der Waals surface area contributed by atoms with Crippen LogP contribution in [0, 0.1) is 6.92 Å². The Morgan fingerprint density at radius 3 is 2.67 bits per heavy atom. The van der Waals surface area contributed by atoms with Crippen LogP contribution in [0.3, 0.4) is 0 Å². The molecule has 0 radical (unpaired) electrons. The molecule has 1 heterocycles. The zero-order valence-electron chi connectivity index (χ0n) is 8.48.